The molecule has 0 fully saturated rings. The fourth-order valence-corrected chi connectivity index (χ4v) is 4.32. The van der Waals surface area contributed by atoms with Gasteiger partial charge >= 0.3 is 12.0 Å². The first-order valence-corrected chi connectivity index (χ1v) is 9.62. The van der Waals surface area contributed by atoms with Crippen LogP contribution in [0.15, 0.2) is 36.4 Å². The lowest BCUT2D eigenvalue weighted by molar-refractivity contribution is -0.139. The lowest BCUT2D eigenvalue weighted by Crippen LogP contribution is -2.44. The van der Waals surface area contributed by atoms with Gasteiger partial charge in [-0.15, -0.1) is 0 Å². The molecule has 1 atom stereocenters. The lowest BCUT2D eigenvalue weighted by Gasteiger charge is -2.19. The molecule has 0 saturated carbocycles. The number of anilines is 1. The molecule has 4 rings (SSSR count). The fourth-order valence-electron chi connectivity index (χ4n) is 4.32. The summed E-state index contributed by atoms with van der Waals surface area (Å²) in [6, 6.07) is 10.3. The second kappa shape index (κ2) is 7.43. The number of carbonyl (C=O) groups excluding carboxylic acids is 1. The molecule has 2 aliphatic rings. The molecule has 2 amide bonds. The molecule has 27 heavy (non-hydrogen) atoms. The Labute approximate surface area is 158 Å². The number of fused-ring (bicyclic) bond motifs is 2. The Bertz CT molecular complexity index is 845. The van der Waals surface area contributed by atoms with Crippen LogP contribution in [0.3, 0.4) is 0 Å². The number of hydrogen-bond donors (Lipinski definition) is 3. The Morgan fingerprint density at radius 2 is 1.59 bits per heavy atom. The van der Waals surface area contributed by atoms with Crippen molar-refractivity contribution in [2.75, 3.05) is 5.32 Å². The topological polar surface area (TPSA) is 78.4 Å². The third kappa shape index (κ3) is 3.68. The number of amides is 2. The zero-order valence-electron chi connectivity index (χ0n) is 15.3. The molecule has 0 aliphatic heterocycles. The average molecular weight is 364 g/mol. The summed E-state index contributed by atoms with van der Waals surface area (Å²) in [6.45, 7) is 0. The molecule has 0 bridgehead atoms. The SMILES string of the molecule is O=C(Nc1c2c(cc3c1CCC3)CCC2)NC(Cc1ccccc1)C(=O)O. The van der Waals surface area contributed by atoms with Gasteiger partial charge in [-0.2, -0.15) is 0 Å². The quantitative estimate of drug-likeness (QED) is 0.760. The van der Waals surface area contributed by atoms with Gasteiger partial charge in [-0.1, -0.05) is 36.4 Å². The minimum Gasteiger partial charge on any atom is -0.480 e. The Hall–Kier alpha value is -2.82. The van der Waals surface area contributed by atoms with Crippen molar-refractivity contribution in [2.24, 2.45) is 0 Å². The number of nitrogens with one attached hydrogen (secondary N) is 2. The molecule has 5 heteroatoms. The normalized spacial score (nSPS) is 15.7. The summed E-state index contributed by atoms with van der Waals surface area (Å²) in [7, 11) is 0. The van der Waals surface area contributed by atoms with Gasteiger partial charge in [-0.25, -0.2) is 9.59 Å². The van der Waals surface area contributed by atoms with E-state index in [1.807, 2.05) is 30.3 Å². The summed E-state index contributed by atoms with van der Waals surface area (Å²) in [4.78, 5) is 24.3. The molecule has 2 aromatic rings. The summed E-state index contributed by atoms with van der Waals surface area (Å²) in [5.74, 6) is -1.03. The highest BCUT2D eigenvalue weighted by atomic mass is 16.4. The molecule has 3 N–H and O–H groups in total. The van der Waals surface area contributed by atoms with Crippen LogP contribution < -0.4 is 10.6 Å². The van der Waals surface area contributed by atoms with Gasteiger partial charge in [-0.3, -0.25) is 0 Å². The van der Waals surface area contributed by atoms with Crippen molar-refractivity contribution in [1.29, 1.82) is 0 Å². The van der Waals surface area contributed by atoms with Gasteiger partial charge in [0.25, 0.3) is 0 Å². The van der Waals surface area contributed by atoms with E-state index in [2.05, 4.69) is 16.7 Å². The zero-order valence-corrected chi connectivity index (χ0v) is 15.3. The van der Waals surface area contributed by atoms with E-state index in [-0.39, 0.29) is 6.42 Å². The minimum atomic E-state index is -1.03. The highest BCUT2D eigenvalue weighted by Gasteiger charge is 2.26. The first-order valence-electron chi connectivity index (χ1n) is 9.62. The van der Waals surface area contributed by atoms with Crippen molar-refractivity contribution in [1.82, 2.24) is 5.32 Å². The third-order valence-electron chi connectivity index (χ3n) is 5.60. The van der Waals surface area contributed by atoms with Crippen molar-refractivity contribution in [3.05, 3.63) is 64.2 Å². The summed E-state index contributed by atoms with van der Waals surface area (Å²) < 4.78 is 0. The van der Waals surface area contributed by atoms with Crippen molar-refractivity contribution in [3.8, 4) is 0 Å². The Morgan fingerprint density at radius 3 is 2.19 bits per heavy atom. The van der Waals surface area contributed by atoms with Crippen LogP contribution in [0.5, 0.6) is 0 Å². The van der Waals surface area contributed by atoms with Crippen LogP contribution >= 0.6 is 0 Å². The van der Waals surface area contributed by atoms with Crippen LogP contribution in [0.2, 0.25) is 0 Å². The van der Waals surface area contributed by atoms with Crippen LogP contribution in [0.4, 0.5) is 10.5 Å². The summed E-state index contributed by atoms with van der Waals surface area (Å²) in [5, 5.41) is 15.2. The summed E-state index contributed by atoms with van der Waals surface area (Å²) in [5.41, 5.74) is 6.96. The van der Waals surface area contributed by atoms with Crippen LogP contribution in [0.1, 0.15) is 40.7 Å². The predicted molar refractivity (Wildman–Crippen MR) is 104 cm³/mol. The highest BCUT2D eigenvalue weighted by Crippen LogP contribution is 2.38. The van der Waals surface area contributed by atoms with Crippen molar-refractivity contribution >= 4 is 17.7 Å². The van der Waals surface area contributed by atoms with Crippen LogP contribution in [-0.4, -0.2) is 23.1 Å². The van der Waals surface area contributed by atoms with Crippen LogP contribution in [0, 0.1) is 0 Å². The number of aliphatic carboxylic acids is 1. The van der Waals surface area contributed by atoms with Gasteiger partial charge < -0.3 is 15.7 Å². The van der Waals surface area contributed by atoms with Gasteiger partial charge in [0.15, 0.2) is 0 Å². The predicted octanol–water partition coefficient (Wildman–Crippen LogP) is 3.48. The molecule has 0 saturated heterocycles. The maximum Gasteiger partial charge on any atom is 0.326 e. The first kappa shape index (κ1) is 17.6. The number of hydrogen-bond acceptors (Lipinski definition) is 2. The van der Waals surface area contributed by atoms with Crippen LogP contribution in [-0.2, 0) is 36.9 Å². The van der Waals surface area contributed by atoms with Gasteiger partial charge in [0.05, 0.1) is 0 Å². The molecule has 2 aromatic carbocycles. The van der Waals surface area contributed by atoms with Crippen molar-refractivity contribution in [2.45, 2.75) is 51.0 Å². The number of rotatable bonds is 5. The molecular formula is C22H24N2O3. The zero-order chi connectivity index (χ0) is 18.8. The number of urea groups is 1. The number of carbonyl (C=O) groups is 2. The monoisotopic (exact) mass is 364 g/mol. The minimum absolute atomic E-state index is 0.259. The molecule has 0 aromatic heterocycles. The van der Waals surface area contributed by atoms with Gasteiger partial charge in [0, 0.05) is 12.1 Å². The van der Waals surface area contributed by atoms with E-state index in [9.17, 15) is 14.7 Å². The Balaban J connectivity index is 1.52. The molecule has 2 aliphatic carbocycles. The number of benzene rings is 2. The lowest BCUT2D eigenvalue weighted by atomic mass is 9.99. The second-order valence-electron chi connectivity index (χ2n) is 7.41. The smallest absolute Gasteiger partial charge is 0.326 e. The highest BCUT2D eigenvalue weighted by molar-refractivity contribution is 5.94. The molecule has 0 spiro atoms. The third-order valence-corrected chi connectivity index (χ3v) is 5.60. The van der Waals surface area contributed by atoms with Crippen molar-refractivity contribution in [3.63, 3.8) is 0 Å². The molecule has 0 heterocycles. The van der Waals surface area contributed by atoms with E-state index in [1.54, 1.807) is 0 Å². The Morgan fingerprint density at radius 1 is 0.963 bits per heavy atom. The van der Waals surface area contributed by atoms with Gasteiger partial charge in [-0.05, 0) is 66.3 Å². The van der Waals surface area contributed by atoms with E-state index >= 15 is 0 Å². The number of carboxylic acids is 1. The molecule has 5 nitrogen and oxygen atoms in total. The summed E-state index contributed by atoms with van der Waals surface area (Å²) >= 11 is 0. The van der Waals surface area contributed by atoms with E-state index in [0.717, 1.165) is 49.8 Å². The van der Waals surface area contributed by atoms with E-state index < -0.39 is 18.0 Å². The van der Waals surface area contributed by atoms with Gasteiger partial charge in [0.1, 0.15) is 6.04 Å². The standard InChI is InChI=1S/C22H24N2O3/c25-21(26)19(12-14-6-2-1-3-7-14)23-22(27)24-20-17-10-4-8-15(17)13-16-9-5-11-18(16)20/h1-3,6-7,13,19H,4-5,8-12H2,(H,25,26)(H2,23,24,27). The maximum atomic E-state index is 12.6. The number of carboxylic acid groups (broad SMARTS) is 1. The fraction of sp³-hybridized carbons (Fsp3) is 0.364. The molecule has 140 valence electrons. The molecule has 1 unspecified atom stereocenters. The van der Waals surface area contributed by atoms with E-state index in [4.69, 9.17) is 0 Å². The summed E-state index contributed by atoms with van der Waals surface area (Å²) in [6.07, 6.45) is 6.56. The van der Waals surface area contributed by atoms with E-state index in [0.29, 0.717) is 0 Å². The Kier molecular flexibility index (Phi) is 4.84. The first-order chi connectivity index (χ1) is 13.1. The van der Waals surface area contributed by atoms with Gasteiger partial charge in [0.2, 0.25) is 0 Å². The number of aryl methyl sites for hydroxylation is 2. The maximum absolute atomic E-state index is 12.6. The second-order valence-corrected chi connectivity index (χ2v) is 7.41. The molecular weight excluding hydrogens is 340 g/mol. The van der Waals surface area contributed by atoms with E-state index in [1.165, 1.54) is 22.3 Å². The van der Waals surface area contributed by atoms with Crippen LogP contribution in [0.25, 0.3) is 0 Å². The molecule has 0 radical (unpaired) electrons. The largest absolute Gasteiger partial charge is 0.480 e. The van der Waals surface area contributed by atoms with Crippen molar-refractivity contribution < 1.29 is 14.7 Å². The average Bonchev–Trinajstić information content (AvgIpc) is 3.31.